The van der Waals surface area contributed by atoms with Crippen molar-refractivity contribution in [3.63, 3.8) is 0 Å². The van der Waals surface area contributed by atoms with Crippen LogP contribution in [0.15, 0.2) is 40.9 Å². The van der Waals surface area contributed by atoms with Gasteiger partial charge in [-0.1, -0.05) is 28.1 Å². The summed E-state index contributed by atoms with van der Waals surface area (Å²) < 4.78 is 27.4. The Morgan fingerprint density at radius 1 is 1.16 bits per heavy atom. The lowest BCUT2D eigenvalue weighted by Crippen LogP contribution is -2.14. The predicted molar refractivity (Wildman–Crippen MR) is 75.9 cm³/mol. The molecular formula is C15H14BrF2N. The molecule has 2 aromatic carbocycles. The number of rotatable bonds is 3. The molecule has 1 unspecified atom stereocenters. The van der Waals surface area contributed by atoms with Crippen LogP contribution in [-0.2, 0) is 6.42 Å². The monoisotopic (exact) mass is 325 g/mol. The minimum Gasteiger partial charge on any atom is -0.324 e. The first-order chi connectivity index (χ1) is 8.95. The molecule has 2 aromatic rings. The molecule has 100 valence electrons. The topological polar surface area (TPSA) is 26.0 Å². The van der Waals surface area contributed by atoms with Crippen LogP contribution < -0.4 is 5.73 Å². The molecule has 0 saturated carbocycles. The zero-order valence-corrected chi connectivity index (χ0v) is 12.0. The van der Waals surface area contributed by atoms with Crippen molar-refractivity contribution in [3.05, 3.63) is 69.2 Å². The van der Waals surface area contributed by atoms with Crippen LogP contribution in [-0.4, -0.2) is 0 Å². The van der Waals surface area contributed by atoms with E-state index < -0.39 is 11.6 Å². The molecule has 0 aromatic heterocycles. The molecule has 2 N–H and O–H groups in total. The van der Waals surface area contributed by atoms with Gasteiger partial charge in [0.15, 0.2) is 0 Å². The fourth-order valence-electron chi connectivity index (χ4n) is 2.02. The lowest BCUT2D eigenvalue weighted by molar-refractivity contribution is 0.563. The molecule has 1 nitrogen and oxygen atoms in total. The Morgan fingerprint density at radius 3 is 2.53 bits per heavy atom. The number of halogens is 3. The Labute approximate surface area is 119 Å². The number of benzene rings is 2. The van der Waals surface area contributed by atoms with Crippen molar-refractivity contribution in [2.24, 2.45) is 5.73 Å². The Morgan fingerprint density at radius 2 is 1.89 bits per heavy atom. The molecule has 0 aliphatic carbocycles. The highest BCUT2D eigenvalue weighted by Gasteiger charge is 2.12. The number of hydrogen-bond donors (Lipinski definition) is 1. The van der Waals surface area contributed by atoms with Crippen molar-refractivity contribution < 1.29 is 8.78 Å². The van der Waals surface area contributed by atoms with Crippen molar-refractivity contribution in [3.8, 4) is 0 Å². The summed E-state index contributed by atoms with van der Waals surface area (Å²) in [4.78, 5) is 0. The normalized spacial score (nSPS) is 12.5. The van der Waals surface area contributed by atoms with E-state index in [0.29, 0.717) is 12.0 Å². The van der Waals surface area contributed by atoms with Gasteiger partial charge >= 0.3 is 0 Å². The number of hydrogen-bond acceptors (Lipinski definition) is 1. The van der Waals surface area contributed by atoms with E-state index in [1.807, 2.05) is 25.1 Å². The highest BCUT2D eigenvalue weighted by Crippen LogP contribution is 2.23. The van der Waals surface area contributed by atoms with Crippen LogP contribution in [0.3, 0.4) is 0 Å². The van der Waals surface area contributed by atoms with Crippen LogP contribution in [0.25, 0.3) is 0 Å². The van der Waals surface area contributed by atoms with Crippen LogP contribution in [0.2, 0.25) is 0 Å². The van der Waals surface area contributed by atoms with E-state index in [9.17, 15) is 8.78 Å². The summed E-state index contributed by atoms with van der Waals surface area (Å²) in [5.74, 6) is -1.13. The first-order valence-corrected chi connectivity index (χ1v) is 6.71. The fourth-order valence-corrected chi connectivity index (χ4v) is 2.65. The van der Waals surface area contributed by atoms with Gasteiger partial charge in [0.25, 0.3) is 0 Å². The van der Waals surface area contributed by atoms with Crippen molar-refractivity contribution in [1.29, 1.82) is 0 Å². The van der Waals surface area contributed by atoms with Gasteiger partial charge in [-0.3, -0.25) is 0 Å². The van der Waals surface area contributed by atoms with Gasteiger partial charge < -0.3 is 5.73 Å². The van der Waals surface area contributed by atoms with Crippen molar-refractivity contribution in [2.75, 3.05) is 0 Å². The molecule has 0 fully saturated rings. The third-order valence-electron chi connectivity index (χ3n) is 2.95. The Bertz CT molecular complexity index is 578. The summed E-state index contributed by atoms with van der Waals surface area (Å²) in [5.41, 5.74) is 8.52. The third-order valence-corrected chi connectivity index (χ3v) is 3.41. The lowest BCUT2D eigenvalue weighted by atomic mass is 9.98. The van der Waals surface area contributed by atoms with Gasteiger partial charge in [0.1, 0.15) is 11.6 Å². The van der Waals surface area contributed by atoms with Crippen LogP contribution in [0.5, 0.6) is 0 Å². The summed E-state index contributed by atoms with van der Waals surface area (Å²) in [7, 11) is 0. The Hall–Kier alpha value is -1.26. The maximum Gasteiger partial charge on any atom is 0.129 e. The van der Waals surface area contributed by atoms with E-state index in [4.69, 9.17) is 5.73 Å². The smallest absolute Gasteiger partial charge is 0.129 e. The molecule has 0 aliphatic rings. The second-order valence-electron chi connectivity index (χ2n) is 4.61. The third kappa shape index (κ3) is 3.61. The van der Waals surface area contributed by atoms with Crippen molar-refractivity contribution in [1.82, 2.24) is 0 Å². The van der Waals surface area contributed by atoms with E-state index >= 15 is 0 Å². The van der Waals surface area contributed by atoms with Gasteiger partial charge in [-0.05, 0) is 48.2 Å². The molecule has 1 atom stereocenters. The maximum absolute atomic E-state index is 13.6. The summed E-state index contributed by atoms with van der Waals surface area (Å²) >= 11 is 3.41. The molecule has 0 radical (unpaired) electrons. The van der Waals surface area contributed by atoms with E-state index in [1.54, 1.807) is 0 Å². The SMILES string of the molecule is Cc1cc(Br)cc(C(N)Cc2ccc(F)cc2F)c1. The summed E-state index contributed by atoms with van der Waals surface area (Å²) in [6, 6.07) is 9.11. The molecule has 19 heavy (non-hydrogen) atoms. The lowest BCUT2D eigenvalue weighted by Gasteiger charge is -2.14. The zero-order chi connectivity index (χ0) is 14.0. The molecule has 0 bridgehead atoms. The Balaban J connectivity index is 2.22. The standard InChI is InChI=1S/C15H14BrF2N/c1-9-4-11(6-12(16)5-9)15(19)7-10-2-3-13(17)8-14(10)18/h2-6,8,15H,7,19H2,1H3. The van der Waals surface area contributed by atoms with E-state index in [1.165, 1.54) is 12.1 Å². The molecule has 0 amide bonds. The van der Waals surface area contributed by atoms with Crippen LogP contribution in [0.1, 0.15) is 22.7 Å². The fraction of sp³-hybridized carbons (Fsp3) is 0.200. The van der Waals surface area contributed by atoms with Gasteiger partial charge in [-0.25, -0.2) is 8.78 Å². The van der Waals surface area contributed by atoms with Crippen LogP contribution >= 0.6 is 15.9 Å². The summed E-state index contributed by atoms with van der Waals surface area (Å²) in [6.45, 7) is 1.97. The molecule has 4 heteroatoms. The highest BCUT2D eigenvalue weighted by atomic mass is 79.9. The first kappa shape index (κ1) is 14.2. The average Bonchev–Trinajstić information content (AvgIpc) is 2.31. The quantitative estimate of drug-likeness (QED) is 0.895. The molecule has 0 heterocycles. The van der Waals surface area contributed by atoms with Gasteiger partial charge in [-0.15, -0.1) is 0 Å². The average molecular weight is 326 g/mol. The van der Waals surface area contributed by atoms with Gasteiger partial charge in [-0.2, -0.15) is 0 Å². The van der Waals surface area contributed by atoms with Crippen molar-refractivity contribution >= 4 is 15.9 Å². The minimum atomic E-state index is -0.576. The molecule has 0 saturated heterocycles. The molecule has 0 aliphatic heterocycles. The van der Waals surface area contributed by atoms with Crippen LogP contribution in [0.4, 0.5) is 8.78 Å². The molecule has 0 spiro atoms. The second kappa shape index (κ2) is 5.80. The predicted octanol–water partition coefficient (Wildman–Crippen LogP) is 4.28. The Kier molecular flexibility index (Phi) is 4.32. The van der Waals surface area contributed by atoms with Gasteiger partial charge in [0.05, 0.1) is 0 Å². The first-order valence-electron chi connectivity index (χ1n) is 5.92. The largest absolute Gasteiger partial charge is 0.324 e. The van der Waals surface area contributed by atoms with Crippen LogP contribution in [0, 0.1) is 18.6 Å². The molecular weight excluding hydrogens is 312 g/mol. The van der Waals surface area contributed by atoms with Gasteiger partial charge in [0.2, 0.25) is 0 Å². The second-order valence-corrected chi connectivity index (χ2v) is 5.52. The number of nitrogens with two attached hydrogens (primary N) is 1. The minimum absolute atomic E-state index is 0.323. The van der Waals surface area contributed by atoms with E-state index in [0.717, 1.165) is 21.7 Å². The van der Waals surface area contributed by atoms with Crippen molar-refractivity contribution in [2.45, 2.75) is 19.4 Å². The zero-order valence-electron chi connectivity index (χ0n) is 10.5. The van der Waals surface area contributed by atoms with E-state index in [2.05, 4.69) is 15.9 Å². The highest BCUT2D eigenvalue weighted by molar-refractivity contribution is 9.10. The van der Waals surface area contributed by atoms with E-state index in [-0.39, 0.29) is 6.04 Å². The summed E-state index contributed by atoms with van der Waals surface area (Å²) in [5, 5.41) is 0. The number of aryl methyl sites for hydroxylation is 1. The van der Waals surface area contributed by atoms with Gasteiger partial charge in [0, 0.05) is 16.6 Å². The summed E-state index contributed by atoms with van der Waals surface area (Å²) in [6.07, 6.45) is 0.335. The molecule has 2 rings (SSSR count). The maximum atomic E-state index is 13.6.